The van der Waals surface area contributed by atoms with Crippen molar-refractivity contribution in [2.75, 3.05) is 26.1 Å². The lowest BCUT2D eigenvalue weighted by atomic mass is 10.2. The largest absolute Gasteiger partial charge is 0.494 e. The van der Waals surface area contributed by atoms with Crippen LogP contribution >= 0.6 is 0 Å². The molecule has 0 saturated carbocycles. The first-order chi connectivity index (χ1) is 17.8. The SMILES string of the molecule is COc1cccc(OC)c1-n1c(NS(=O)(=O)C(C)C(OC)c2ncc(C)cn2)nnc1-c1ccccc1. The molecule has 2 atom stereocenters. The van der Waals surface area contributed by atoms with Crippen LogP contribution in [-0.2, 0) is 14.8 Å². The van der Waals surface area contributed by atoms with Crippen molar-refractivity contribution < 1.29 is 22.6 Å². The lowest BCUT2D eigenvalue weighted by molar-refractivity contribution is 0.0949. The second-order valence-corrected chi connectivity index (χ2v) is 10.2. The lowest BCUT2D eigenvalue weighted by Gasteiger charge is -2.23. The average molecular weight is 525 g/mol. The van der Waals surface area contributed by atoms with E-state index < -0.39 is 21.4 Å². The van der Waals surface area contributed by atoms with Gasteiger partial charge < -0.3 is 14.2 Å². The fourth-order valence-electron chi connectivity index (χ4n) is 3.83. The summed E-state index contributed by atoms with van der Waals surface area (Å²) in [4.78, 5) is 8.50. The highest BCUT2D eigenvalue weighted by Crippen LogP contribution is 2.38. The highest BCUT2D eigenvalue weighted by atomic mass is 32.2. The summed E-state index contributed by atoms with van der Waals surface area (Å²) in [6.45, 7) is 3.36. The number of sulfonamides is 1. The molecule has 0 bridgehead atoms. The summed E-state index contributed by atoms with van der Waals surface area (Å²) in [6.07, 6.45) is 2.29. The van der Waals surface area contributed by atoms with E-state index in [0.717, 1.165) is 5.56 Å². The topological polar surface area (TPSA) is 130 Å². The van der Waals surface area contributed by atoms with E-state index in [4.69, 9.17) is 14.2 Å². The number of ether oxygens (including phenoxy) is 3. The summed E-state index contributed by atoms with van der Waals surface area (Å²) >= 11 is 0. The first kappa shape index (κ1) is 26.0. The molecular weight excluding hydrogens is 496 g/mol. The summed E-state index contributed by atoms with van der Waals surface area (Å²) in [5, 5.41) is 7.43. The van der Waals surface area contributed by atoms with Crippen LogP contribution in [0.25, 0.3) is 17.1 Å². The first-order valence-corrected chi connectivity index (χ1v) is 12.9. The monoisotopic (exact) mass is 524 g/mol. The van der Waals surface area contributed by atoms with Gasteiger partial charge in [-0.3, -0.25) is 9.29 Å². The Bertz CT molecular complexity index is 1440. The molecule has 4 rings (SSSR count). The van der Waals surface area contributed by atoms with Gasteiger partial charge in [-0.05, 0) is 31.5 Å². The van der Waals surface area contributed by atoms with Crippen LogP contribution in [0.2, 0.25) is 0 Å². The van der Waals surface area contributed by atoms with Crippen molar-refractivity contribution in [2.24, 2.45) is 0 Å². The van der Waals surface area contributed by atoms with Gasteiger partial charge in [0, 0.05) is 25.1 Å². The summed E-state index contributed by atoms with van der Waals surface area (Å²) in [7, 11) is 0.362. The van der Waals surface area contributed by atoms with Crippen LogP contribution in [0, 0.1) is 6.92 Å². The molecule has 0 saturated heterocycles. The third-order valence-electron chi connectivity index (χ3n) is 5.78. The van der Waals surface area contributed by atoms with Crippen LogP contribution in [0.1, 0.15) is 24.4 Å². The smallest absolute Gasteiger partial charge is 0.243 e. The number of hydrogen-bond acceptors (Lipinski definition) is 9. The van der Waals surface area contributed by atoms with E-state index in [2.05, 4.69) is 24.9 Å². The fraction of sp³-hybridized carbons (Fsp3) is 0.280. The number of para-hydroxylation sites is 1. The van der Waals surface area contributed by atoms with E-state index >= 15 is 0 Å². The van der Waals surface area contributed by atoms with Crippen molar-refractivity contribution in [1.29, 1.82) is 0 Å². The maximum absolute atomic E-state index is 13.6. The molecule has 0 aliphatic rings. The van der Waals surface area contributed by atoms with Crippen molar-refractivity contribution in [3.8, 4) is 28.6 Å². The summed E-state index contributed by atoms with van der Waals surface area (Å²) < 4.78 is 48.0. The van der Waals surface area contributed by atoms with Crippen LogP contribution < -0.4 is 14.2 Å². The molecule has 11 nitrogen and oxygen atoms in total. The Hall–Kier alpha value is -4.03. The van der Waals surface area contributed by atoms with Gasteiger partial charge in [-0.2, -0.15) is 0 Å². The van der Waals surface area contributed by atoms with Gasteiger partial charge in [0.2, 0.25) is 16.0 Å². The van der Waals surface area contributed by atoms with Crippen LogP contribution in [0.5, 0.6) is 11.5 Å². The zero-order valence-corrected chi connectivity index (χ0v) is 21.9. The molecule has 0 aliphatic heterocycles. The van der Waals surface area contributed by atoms with Crippen LogP contribution in [0.4, 0.5) is 5.95 Å². The van der Waals surface area contributed by atoms with Gasteiger partial charge in [0.1, 0.15) is 28.5 Å². The summed E-state index contributed by atoms with van der Waals surface area (Å²) in [5.74, 6) is 1.47. The minimum absolute atomic E-state index is 0.0480. The standard InChI is InChI=1S/C25H28N6O5S/c1-16-14-26-23(27-15-16)22(36-5)17(2)37(32,33)30-25-29-28-24(18-10-7-6-8-11-18)31(25)21-19(34-3)12-9-13-20(21)35-4/h6-15,17,22H,1-5H3,(H,29,30). The molecule has 0 spiro atoms. The number of aryl methyl sites for hydroxylation is 1. The van der Waals surface area contributed by atoms with Crippen molar-refractivity contribution in [3.63, 3.8) is 0 Å². The Morgan fingerprint density at radius 3 is 2.08 bits per heavy atom. The molecule has 12 heteroatoms. The molecule has 194 valence electrons. The summed E-state index contributed by atoms with van der Waals surface area (Å²) in [5.41, 5.74) is 2.00. The minimum atomic E-state index is -4.08. The Morgan fingerprint density at radius 1 is 0.892 bits per heavy atom. The van der Waals surface area contributed by atoms with E-state index in [9.17, 15) is 8.42 Å². The normalized spacial score (nSPS) is 13.1. The molecule has 4 aromatic rings. The van der Waals surface area contributed by atoms with E-state index in [1.165, 1.54) is 28.3 Å². The number of nitrogens with zero attached hydrogens (tertiary/aromatic N) is 5. The molecular formula is C25H28N6O5S. The van der Waals surface area contributed by atoms with E-state index in [-0.39, 0.29) is 11.8 Å². The molecule has 1 N–H and O–H groups in total. The van der Waals surface area contributed by atoms with E-state index in [0.29, 0.717) is 28.6 Å². The number of hydrogen-bond donors (Lipinski definition) is 1. The number of benzene rings is 2. The second kappa shape index (κ2) is 10.9. The van der Waals surface area contributed by atoms with Gasteiger partial charge in [-0.1, -0.05) is 36.4 Å². The average Bonchev–Trinajstić information content (AvgIpc) is 3.32. The summed E-state index contributed by atoms with van der Waals surface area (Å²) in [6, 6.07) is 14.5. The Balaban J connectivity index is 1.83. The van der Waals surface area contributed by atoms with Gasteiger partial charge in [0.05, 0.1) is 14.2 Å². The van der Waals surface area contributed by atoms with Crippen LogP contribution in [-0.4, -0.2) is 59.7 Å². The maximum Gasteiger partial charge on any atom is 0.243 e. The van der Waals surface area contributed by atoms with Crippen LogP contribution in [0.3, 0.4) is 0 Å². The number of nitrogens with one attached hydrogen (secondary N) is 1. The third-order valence-corrected chi connectivity index (χ3v) is 7.47. The lowest BCUT2D eigenvalue weighted by Crippen LogP contribution is -2.33. The Kier molecular flexibility index (Phi) is 7.69. The highest BCUT2D eigenvalue weighted by molar-refractivity contribution is 7.93. The quantitative estimate of drug-likeness (QED) is 0.331. The van der Waals surface area contributed by atoms with Gasteiger partial charge >= 0.3 is 0 Å². The van der Waals surface area contributed by atoms with Crippen LogP contribution in [0.15, 0.2) is 60.9 Å². The predicted octanol–water partition coefficient (Wildman–Crippen LogP) is 3.57. The molecule has 0 amide bonds. The van der Waals surface area contributed by atoms with Crippen molar-refractivity contribution >= 4 is 16.0 Å². The van der Waals surface area contributed by atoms with Gasteiger partial charge in [0.15, 0.2) is 11.6 Å². The highest BCUT2D eigenvalue weighted by Gasteiger charge is 2.35. The molecule has 2 unspecified atom stereocenters. The Morgan fingerprint density at radius 2 is 1.51 bits per heavy atom. The van der Waals surface area contributed by atoms with Gasteiger partial charge in [-0.25, -0.2) is 18.4 Å². The number of methoxy groups -OCH3 is 3. The zero-order chi connectivity index (χ0) is 26.6. The molecule has 2 aromatic carbocycles. The fourth-order valence-corrected chi connectivity index (χ4v) is 4.96. The first-order valence-electron chi connectivity index (χ1n) is 11.4. The molecule has 0 fully saturated rings. The number of aromatic nitrogens is 5. The van der Waals surface area contributed by atoms with Gasteiger partial charge in [-0.15, -0.1) is 10.2 Å². The van der Waals surface area contributed by atoms with Crippen molar-refractivity contribution in [3.05, 3.63) is 72.3 Å². The predicted molar refractivity (Wildman–Crippen MR) is 138 cm³/mol. The zero-order valence-electron chi connectivity index (χ0n) is 21.1. The van der Waals surface area contributed by atoms with E-state index in [1.807, 2.05) is 37.3 Å². The van der Waals surface area contributed by atoms with Crippen molar-refractivity contribution in [1.82, 2.24) is 24.7 Å². The van der Waals surface area contributed by atoms with E-state index in [1.54, 1.807) is 35.2 Å². The number of rotatable bonds is 10. The molecule has 0 radical (unpaired) electrons. The number of anilines is 1. The molecule has 2 aromatic heterocycles. The van der Waals surface area contributed by atoms with Gasteiger partial charge in [0.25, 0.3) is 0 Å². The molecule has 2 heterocycles. The third kappa shape index (κ3) is 5.25. The second-order valence-electron chi connectivity index (χ2n) is 8.19. The molecule has 37 heavy (non-hydrogen) atoms. The minimum Gasteiger partial charge on any atom is -0.494 e. The molecule has 0 aliphatic carbocycles. The Labute approximate surface area is 215 Å². The maximum atomic E-state index is 13.6. The van der Waals surface area contributed by atoms with Crippen molar-refractivity contribution in [2.45, 2.75) is 25.2 Å².